The summed E-state index contributed by atoms with van der Waals surface area (Å²) in [6.45, 7) is 0. The second-order valence-corrected chi connectivity index (χ2v) is 6.52. The third kappa shape index (κ3) is 3.62. The Morgan fingerprint density at radius 1 is 1.36 bits per heavy atom. The van der Waals surface area contributed by atoms with Crippen molar-refractivity contribution >= 4 is 46.8 Å². The van der Waals surface area contributed by atoms with Crippen molar-refractivity contribution in [2.45, 2.75) is 4.21 Å². The van der Waals surface area contributed by atoms with Crippen LogP contribution in [0.25, 0.3) is 11.3 Å². The Morgan fingerprint density at radius 2 is 2.18 bits per heavy atom. The normalized spacial score (nSPS) is 10.6. The van der Waals surface area contributed by atoms with Gasteiger partial charge in [-0.15, -0.1) is 16.9 Å². The van der Waals surface area contributed by atoms with E-state index in [1.54, 1.807) is 12.1 Å². The van der Waals surface area contributed by atoms with Crippen LogP contribution in [0.5, 0.6) is 0 Å². The Bertz CT molecular complexity index is 758. The predicted molar refractivity (Wildman–Crippen MR) is 86.1 cm³/mol. The summed E-state index contributed by atoms with van der Waals surface area (Å²) in [6.07, 6.45) is 1.33. The number of aromatic nitrogens is 5. The maximum atomic E-state index is 11.8. The minimum atomic E-state index is -0.183. The number of amides is 1. The number of benzene rings is 1. The van der Waals surface area contributed by atoms with Gasteiger partial charge in [0, 0.05) is 10.6 Å². The van der Waals surface area contributed by atoms with E-state index in [1.165, 1.54) is 29.6 Å². The van der Waals surface area contributed by atoms with Crippen LogP contribution in [0.15, 0.2) is 34.8 Å². The first-order valence-corrected chi connectivity index (χ1v) is 8.22. The molecule has 0 spiro atoms. The number of aromatic amines is 1. The Labute approximate surface area is 138 Å². The molecule has 3 aromatic rings. The van der Waals surface area contributed by atoms with Crippen LogP contribution < -0.4 is 5.32 Å². The zero-order chi connectivity index (χ0) is 15.4. The first-order valence-electron chi connectivity index (χ1n) is 6.08. The highest BCUT2D eigenvalue weighted by Crippen LogP contribution is 2.33. The number of hydrogen-bond acceptors (Lipinski definition) is 7. The van der Waals surface area contributed by atoms with Crippen LogP contribution in [-0.4, -0.2) is 36.4 Å². The minimum absolute atomic E-state index is 0.183. The largest absolute Gasteiger partial charge is 0.294 e. The molecule has 0 saturated heterocycles. The number of thioether (sulfide) groups is 1. The molecule has 1 aromatic carbocycles. The highest BCUT2D eigenvalue weighted by Gasteiger charge is 2.13. The Hall–Kier alpha value is -1.97. The maximum Gasteiger partial charge on any atom is 0.237 e. The van der Waals surface area contributed by atoms with Crippen molar-refractivity contribution in [1.82, 2.24) is 24.8 Å². The average Bonchev–Trinajstić information content (AvgIpc) is 3.17. The molecule has 0 bridgehead atoms. The highest BCUT2D eigenvalue weighted by molar-refractivity contribution is 8.01. The lowest BCUT2D eigenvalue weighted by Crippen LogP contribution is -2.14. The molecule has 3 rings (SSSR count). The van der Waals surface area contributed by atoms with E-state index < -0.39 is 0 Å². The number of halogens is 1. The van der Waals surface area contributed by atoms with E-state index in [9.17, 15) is 4.79 Å². The number of nitrogens with zero attached hydrogens (tertiary/aromatic N) is 4. The third-order valence-corrected chi connectivity index (χ3v) is 4.80. The van der Waals surface area contributed by atoms with E-state index in [2.05, 4.69) is 30.1 Å². The molecule has 10 heteroatoms. The van der Waals surface area contributed by atoms with Gasteiger partial charge in [-0.05, 0) is 23.7 Å². The van der Waals surface area contributed by atoms with E-state index in [-0.39, 0.29) is 11.7 Å². The Morgan fingerprint density at radius 3 is 2.91 bits per heavy atom. The molecule has 22 heavy (non-hydrogen) atoms. The van der Waals surface area contributed by atoms with Crippen LogP contribution >= 0.6 is 34.9 Å². The third-order valence-electron chi connectivity index (χ3n) is 2.58. The van der Waals surface area contributed by atoms with Crippen molar-refractivity contribution in [3.05, 3.63) is 35.6 Å². The molecule has 0 saturated carbocycles. The smallest absolute Gasteiger partial charge is 0.237 e. The molecule has 0 aliphatic carbocycles. The summed E-state index contributed by atoms with van der Waals surface area (Å²) in [6, 6.07) is 7.33. The van der Waals surface area contributed by atoms with Crippen molar-refractivity contribution in [3.63, 3.8) is 0 Å². The summed E-state index contributed by atoms with van der Waals surface area (Å²) >= 11 is 8.50. The summed E-state index contributed by atoms with van der Waals surface area (Å²) in [4.78, 5) is 15.7. The monoisotopic (exact) mass is 352 g/mol. The number of nitrogens with one attached hydrogen (secondary N) is 2. The van der Waals surface area contributed by atoms with E-state index in [4.69, 9.17) is 11.6 Å². The van der Waals surface area contributed by atoms with Gasteiger partial charge < -0.3 is 0 Å². The fourth-order valence-corrected chi connectivity index (χ4v) is 3.31. The lowest BCUT2D eigenvalue weighted by molar-refractivity contribution is -0.113. The molecule has 0 aliphatic heterocycles. The van der Waals surface area contributed by atoms with Gasteiger partial charge >= 0.3 is 0 Å². The van der Waals surface area contributed by atoms with Gasteiger partial charge in [0.2, 0.25) is 11.9 Å². The molecule has 2 aromatic heterocycles. The van der Waals surface area contributed by atoms with Crippen molar-refractivity contribution in [1.29, 1.82) is 0 Å². The average molecular weight is 353 g/mol. The Balaban J connectivity index is 1.65. The summed E-state index contributed by atoms with van der Waals surface area (Å²) in [5.74, 6) is 0.369. The molecule has 1 amide bonds. The number of carbonyl (C=O) groups is 1. The van der Waals surface area contributed by atoms with Gasteiger partial charge in [-0.25, -0.2) is 5.10 Å². The van der Waals surface area contributed by atoms with E-state index >= 15 is 0 Å². The number of hydrogen-bond donors (Lipinski definition) is 2. The summed E-state index contributed by atoms with van der Waals surface area (Å²) in [5, 5.41) is 13.6. The van der Waals surface area contributed by atoms with Crippen LogP contribution in [0.4, 0.5) is 5.95 Å². The van der Waals surface area contributed by atoms with Gasteiger partial charge in [-0.1, -0.05) is 28.2 Å². The van der Waals surface area contributed by atoms with Crippen LogP contribution in [0.3, 0.4) is 0 Å². The molecular weight excluding hydrogens is 344 g/mol. The molecule has 0 radical (unpaired) electrons. The van der Waals surface area contributed by atoms with Crippen molar-refractivity contribution in [2.24, 2.45) is 0 Å². The topological polar surface area (TPSA) is 96.5 Å². The van der Waals surface area contributed by atoms with Gasteiger partial charge in [0.25, 0.3) is 0 Å². The Kier molecular flexibility index (Phi) is 4.66. The van der Waals surface area contributed by atoms with Crippen molar-refractivity contribution in [3.8, 4) is 11.3 Å². The highest BCUT2D eigenvalue weighted by atomic mass is 35.5. The van der Waals surface area contributed by atoms with Gasteiger partial charge in [0.1, 0.15) is 16.2 Å². The van der Waals surface area contributed by atoms with Gasteiger partial charge in [-0.2, -0.15) is 10.1 Å². The summed E-state index contributed by atoms with van der Waals surface area (Å²) < 4.78 is 4.82. The first-order chi connectivity index (χ1) is 10.7. The van der Waals surface area contributed by atoms with Crippen LogP contribution in [0.1, 0.15) is 0 Å². The molecule has 0 unspecified atom stereocenters. The quantitative estimate of drug-likeness (QED) is 0.685. The van der Waals surface area contributed by atoms with Gasteiger partial charge in [0.05, 0.1) is 5.75 Å². The van der Waals surface area contributed by atoms with Crippen molar-refractivity contribution in [2.75, 3.05) is 11.1 Å². The lowest BCUT2D eigenvalue weighted by Gasteiger charge is -2.02. The first kappa shape index (κ1) is 14.9. The zero-order valence-corrected chi connectivity index (χ0v) is 13.4. The van der Waals surface area contributed by atoms with E-state index in [0.717, 1.165) is 15.5 Å². The van der Waals surface area contributed by atoms with Crippen LogP contribution in [0, 0.1) is 0 Å². The minimum Gasteiger partial charge on any atom is -0.294 e. The fourth-order valence-electron chi connectivity index (χ4n) is 1.63. The van der Waals surface area contributed by atoms with Crippen molar-refractivity contribution < 1.29 is 4.79 Å². The standard InChI is InChI=1S/C12H9ClN6OS2/c13-8-3-1-7(2-4-8)10-11(22-19-17-10)21-5-9(20)16-12-14-6-15-18-12/h1-4,6H,5H2,(H2,14,15,16,18,20). The number of rotatable bonds is 5. The molecule has 2 heterocycles. The second kappa shape index (κ2) is 6.86. The van der Waals surface area contributed by atoms with Gasteiger partial charge in [-0.3, -0.25) is 10.1 Å². The molecule has 7 nitrogen and oxygen atoms in total. The number of anilines is 1. The molecule has 0 atom stereocenters. The van der Waals surface area contributed by atoms with E-state index in [1.807, 2.05) is 12.1 Å². The molecule has 0 fully saturated rings. The molecular formula is C12H9ClN6OS2. The van der Waals surface area contributed by atoms with Crippen LogP contribution in [-0.2, 0) is 4.79 Å². The SMILES string of the molecule is O=C(CSc1snnc1-c1ccc(Cl)cc1)Nc1ncn[nH]1. The molecule has 112 valence electrons. The summed E-state index contributed by atoms with van der Waals surface area (Å²) in [7, 11) is 0. The number of H-pyrrole nitrogens is 1. The predicted octanol–water partition coefficient (Wildman–Crippen LogP) is 2.71. The van der Waals surface area contributed by atoms with E-state index in [0.29, 0.717) is 11.0 Å². The van der Waals surface area contributed by atoms with Gasteiger partial charge in [0.15, 0.2) is 0 Å². The number of carbonyl (C=O) groups excluding carboxylic acids is 1. The zero-order valence-electron chi connectivity index (χ0n) is 11.0. The maximum absolute atomic E-state index is 11.8. The van der Waals surface area contributed by atoms with Crippen LogP contribution in [0.2, 0.25) is 5.02 Å². The molecule has 0 aliphatic rings. The summed E-state index contributed by atoms with van der Waals surface area (Å²) in [5.41, 5.74) is 1.66. The molecule has 2 N–H and O–H groups in total. The fraction of sp³-hybridized carbons (Fsp3) is 0.0833. The second-order valence-electron chi connectivity index (χ2n) is 4.09. The lowest BCUT2D eigenvalue weighted by atomic mass is 10.2.